The Morgan fingerprint density at radius 2 is 2.00 bits per heavy atom. The quantitative estimate of drug-likeness (QED) is 0.380. The van der Waals surface area contributed by atoms with Gasteiger partial charge in [-0.25, -0.2) is 0 Å². The molecule has 80 valence electrons. The third kappa shape index (κ3) is 18.4. The number of aliphatic hydroxyl groups excluding tert-OH is 1. The molecule has 0 rings (SSSR count). The summed E-state index contributed by atoms with van der Waals surface area (Å²) in [5, 5.41) is 18.4. The van der Waals surface area contributed by atoms with Gasteiger partial charge < -0.3 is 20.4 Å². The second kappa shape index (κ2) is 13.9. The maximum atomic E-state index is 8.41. The first-order valence-corrected chi connectivity index (χ1v) is 4.30. The molecule has 0 aromatic rings. The van der Waals surface area contributed by atoms with E-state index in [9.17, 15) is 0 Å². The number of carboxylic acid groups (broad SMARTS) is 1. The van der Waals surface area contributed by atoms with Gasteiger partial charge in [-0.15, -0.1) is 0 Å². The summed E-state index contributed by atoms with van der Waals surface area (Å²) in [6.07, 6.45) is 0. The highest BCUT2D eigenvalue weighted by Crippen LogP contribution is 1.76. The molecule has 0 heterocycles. The van der Waals surface area contributed by atoms with Crippen LogP contribution in [-0.4, -0.2) is 61.4 Å². The van der Waals surface area contributed by atoms with Crippen LogP contribution < -0.4 is 5.32 Å². The molecular weight excluding hydrogens is 172 g/mol. The average molecular weight is 192 g/mol. The molecule has 0 saturated heterocycles. The molecule has 5 heteroatoms. The van der Waals surface area contributed by atoms with E-state index in [4.69, 9.17) is 15.0 Å². The van der Waals surface area contributed by atoms with Crippen molar-refractivity contribution in [2.75, 3.05) is 39.8 Å². The standard InChI is InChI=1S/C7H18N2O.CH2O2/c1-3-9(2)6-4-8-5-7-10;2-1-3/h8,10H,3-7H2,1-2H3;1H,(H,2,3). The molecule has 3 N–H and O–H groups in total. The van der Waals surface area contributed by atoms with Crippen molar-refractivity contribution in [3.05, 3.63) is 0 Å². The van der Waals surface area contributed by atoms with E-state index in [0.29, 0.717) is 6.54 Å². The largest absolute Gasteiger partial charge is 0.483 e. The van der Waals surface area contributed by atoms with Crippen molar-refractivity contribution in [2.45, 2.75) is 6.92 Å². The van der Waals surface area contributed by atoms with E-state index in [1.54, 1.807) is 0 Å². The van der Waals surface area contributed by atoms with Crippen molar-refractivity contribution in [3.8, 4) is 0 Å². The summed E-state index contributed by atoms with van der Waals surface area (Å²) in [7, 11) is 2.08. The van der Waals surface area contributed by atoms with E-state index in [-0.39, 0.29) is 13.1 Å². The lowest BCUT2D eigenvalue weighted by atomic mass is 10.5. The molecule has 0 aromatic heterocycles. The Labute approximate surface area is 79.4 Å². The Morgan fingerprint density at radius 3 is 2.38 bits per heavy atom. The van der Waals surface area contributed by atoms with E-state index < -0.39 is 0 Å². The number of aliphatic hydroxyl groups is 1. The van der Waals surface area contributed by atoms with Crippen LogP contribution in [0.5, 0.6) is 0 Å². The topological polar surface area (TPSA) is 72.8 Å². The first kappa shape index (κ1) is 14.9. The van der Waals surface area contributed by atoms with Crippen molar-refractivity contribution < 1.29 is 15.0 Å². The Bertz CT molecular complexity index is 101. The second-order valence-electron chi connectivity index (χ2n) is 2.47. The van der Waals surface area contributed by atoms with Gasteiger partial charge >= 0.3 is 0 Å². The van der Waals surface area contributed by atoms with Gasteiger partial charge in [0.25, 0.3) is 6.47 Å². The number of likely N-dealkylation sites (N-methyl/N-ethyl adjacent to an activating group) is 1. The fraction of sp³-hybridized carbons (Fsp3) is 0.875. The Kier molecular flexibility index (Phi) is 15.9. The third-order valence-corrected chi connectivity index (χ3v) is 1.50. The van der Waals surface area contributed by atoms with Crippen LogP contribution in [0.4, 0.5) is 0 Å². The maximum Gasteiger partial charge on any atom is 0.290 e. The lowest BCUT2D eigenvalue weighted by Crippen LogP contribution is -2.30. The molecule has 0 amide bonds. The van der Waals surface area contributed by atoms with Crippen LogP contribution in [0.25, 0.3) is 0 Å². The van der Waals surface area contributed by atoms with Crippen molar-refractivity contribution in [1.29, 1.82) is 0 Å². The van der Waals surface area contributed by atoms with Gasteiger partial charge in [0.2, 0.25) is 0 Å². The fourth-order valence-corrected chi connectivity index (χ4v) is 0.632. The number of nitrogens with one attached hydrogen (secondary N) is 1. The maximum absolute atomic E-state index is 8.41. The smallest absolute Gasteiger partial charge is 0.290 e. The molecule has 0 aliphatic heterocycles. The number of nitrogens with zero attached hydrogens (tertiary/aromatic N) is 1. The van der Waals surface area contributed by atoms with Crippen LogP contribution in [0.3, 0.4) is 0 Å². The predicted molar refractivity (Wildman–Crippen MR) is 51.8 cm³/mol. The van der Waals surface area contributed by atoms with Gasteiger partial charge in [0, 0.05) is 19.6 Å². The minimum Gasteiger partial charge on any atom is -0.483 e. The van der Waals surface area contributed by atoms with E-state index >= 15 is 0 Å². The Morgan fingerprint density at radius 1 is 1.46 bits per heavy atom. The Hall–Kier alpha value is -0.650. The lowest BCUT2D eigenvalue weighted by molar-refractivity contribution is -0.122. The monoisotopic (exact) mass is 192 g/mol. The third-order valence-electron chi connectivity index (χ3n) is 1.50. The minimum absolute atomic E-state index is 0.232. The zero-order valence-electron chi connectivity index (χ0n) is 8.36. The highest BCUT2D eigenvalue weighted by molar-refractivity contribution is 5.32. The molecule has 0 atom stereocenters. The summed E-state index contributed by atoms with van der Waals surface area (Å²) in [6, 6.07) is 0. The SMILES string of the molecule is CCN(C)CCNCCO.O=CO. The average Bonchev–Trinajstić information content (AvgIpc) is 2.13. The second-order valence-corrected chi connectivity index (χ2v) is 2.47. The predicted octanol–water partition coefficient (Wildman–Crippen LogP) is -0.779. The van der Waals surface area contributed by atoms with Crippen molar-refractivity contribution in [1.82, 2.24) is 10.2 Å². The van der Waals surface area contributed by atoms with Gasteiger partial charge in [0.15, 0.2) is 0 Å². The highest BCUT2D eigenvalue weighted by Gasteiger charge is 1.91. The van der Waals surface area contributed by atoms with Crippen molar-refractivity contribution in [2.24, 2.45) is 0 Å². The summed E-state index contributed by atoms with van der Waals surface area (Å²) in [6.45, 7) is 5.92. The summed E-state index contributed by atoms with van der Waals surface area (Å²) >= 11 is 0. The van der Waals surface area contributed by atoms with Gasteiger partial charge in [-0.3, -0.25) is 4.79 Å². The summed E-state index contributed by atoms with van der Waals surface area (Å²) in [5.41, 5.74) is 0. The number of hydrogen-bond donors (Lipinski definition) is 3. The van der Waals surface area contributed by atoms with Crippen molar-refractivity contribution in [3.63, 3.8) is 0 Å². The van der Waals surface area contributed by atoms with E-state index in [2.05, 4.69) is 24.2 Å². The molecule has 0 saturated carbocycles. The van der Waals surface area contributed by atoms with Crippen LogP contribution in [-0.2, 0) is 4.79 Å². The lowest BCUT2D eigenvalue weighted by Gasteiger charge is -2.13. The molecular formula is C8H20N2O3. The molecule has 13 heavy (non-hydrogen) atoms. The van der Waals surface area contributed by atoms with Crippen LogP contribution in [0.1, 0.15) is 6.92 Å². The molecule has 0 fully saturated rings. The first-order chi connectivity index (χ1) is 6.22. The van der Waals surface area contributed by atoms with Crippen LogP contribution in [0.2, 0.25) is 0 Å². The van der Waals surface area contributed by atoms with E-state index in [0.717, 1.165) is 19.6 Å². The molecule has 0 radical (unpaired) electrons. The summed E-state index contributed by atoms with van der Waals surface area (Å²) in [5.74, 6) is 0. The van der Waals surface area contributed by atoms with Crippen molar-refractivity contribution >= 4 is 6.47 Å². The van der Waals surface area contributed by atoms with E-state index in [1.807, 2.05) is 0 Å². The minimum atomic E-state index is -0.250. The van der Waals surface area contributed by atoms with E-state index in [1.165, 1.54) is 0 Å². The van der Waals surface area contributed by atoms with Gasteiger partial charge in [0.05, 0.1) is 6.61 Å². The van der Waals surface area contributed by atoms with Crippen LogP contribution >= 0.6 is 0 Å². The summed E-state index contributed by atoms with van der Waals surface area (Å²) < 4.78 is 0. The molecule has 5 nitrogen and oxygen atoms in total. The van der Waals surface area contributed by atoms with Gasteiger partial charge in [-0.1, -0.05) is 6.92 Å². The first-order valence-electron chi connectivity index (χ1n) is 4.30. The Balaban J connectivity index is 0. The number of rotatable bonds is 6. The molecule has 0 aromatic carbocycles. The fourth-order valence-electron chi connectivity index (χ4n) is 0.632. The van der Waals surface area contributed by atoms with Crippen LogP contribution in [0.15, 0.2) is 0 Å². The zero-order chi connectivity index (χ0) is 10.5. The molecule has 0 aliphatic carbocycles. The number of carbonyl (C=O) groups is 1. The van der Waals surface area contributed by atoms with Gasteiger partial charge in [-0.05, 0) is 13.6 Å². The molecule has 0 spiro atoms. The molecule has 0 bridgehead atoms. The zero-order valence-corrected chi connectivity index (χ0v) is 8.36. The summed E-state index contributed by atoms with van der Waals surface area (Å²) in [4.78, 5) is 10.6. The number of hydrogen-bond acceptors (Lipinski definition) is 4. The van der Waals surface area contributed by atoms with Gasteiger partial charge in [0.1, 0.15) is 0 Å². The molecule has 0 aliphatic rings. The van der Waals surface area contributed by atoms with Crippen LogP contribution in [0, 0.1) is 0 Å². The van der Waals surface area contributed by atoms with Gasteiger partial charge in [-0.2, -0.15) is 0 Å². The highest BCUT2D eigenvalue weighted by atomic mass is 16.3. The molecule has 0 unspecified atom stereocenters. The normalized spacial score (nSPS) is 9.23.